The molecule has 0 aliphatic heterocycles. The van der Waals surface area contributed by atoms with Crippen LogP contribution in [0.2, 0.25) is 10.0 Å². The van der Waals surface area contributed by atoms with Gasteiger partial charge in [-0.25, -0.2) is 14.4 Å². The standard InChI is InChI=1S/C18H26ClNO7.C13H13N.C10H13NO3.C9H10ClNO2.C2H7N/c1-14(21)26-11-9-24-7-5-23-6-8-25-10-12-27-18(22)15-3-4-16(19)17(13-15)20-2;1-14(12-8-4-2-5-9-12)13-10-6-3-7-11-13;1-11-8-6-7(10(12)14-3)4-5-9(8)13-2;1-11-8-5-6(9(12)13-2)3-4-7(8)10;1-3-2/h3-4,13,20H,5-12H2,1-2H3;2-11H,1H3;4-6,11H,1-3H3;3-5,11H,1-2H3;3H,1-2H3. The van der Waals surface area contributed by atoms with Crippen LogP contribution < -0.4 is 30.9 Å². The van der Waals surface area contributed by atoms with Gasteiger partial charge in [0.05, 0.1) is 105 Å². The lowest BCUT2D eigenvalue weighted by atomic mass is 10.2. The predicted molar refractivity (Wildman–Crippen MR) is 283 cm³/mol. The monoisotopic (exact) mass is 1030 g/mol. The van der Waals surface area contributed by atoms with E-state index >= 15 is 0 Å². The Hall–Kier alpha value is -6.60. The molecule has 0 fully saturated rings. The minimum atomic E-state index is -0.436. The summed E-state index contributed by atoms with van der Waals surface area (Å²) in [6.45, 7) is 3.98. The van der Waals surface area contributed by atoms with Gasteiger partial charge in [0, 0.05) is 46.5 Å². The van der Waals surface area contributed by atoms with Crippen molar-refractivity contribution in [2.24, 2.45) is 0 Å². The number of para-hydroxylation sites is 2. The van der Waals surface area contributed by atoms with Crippen molar-refractivity contribution in [2.45, 2.75) is 6.92 Å². The van der Waals surface area contributed by atoms with Gasteiger partial charge in [-0.2, -0.15) is 0 Å². The molecular weight excluding hydrogens is 958 g/mol. The van der Waals surface area contributed by atoms with Crippen LogP contribution in [0.5, 0.6) is 5.75 Å². The van der Waals surface area contributed by atoms with Crippen LogP contribution in [-0.2, 0) is 38.0 Å². The molecule has 19 heteroatoms. The molecule has 71 heavy (non-hydrogen) atoms. The third-order valence-corrected chi connectivity index (χ3v) is 9.70. The van der Waals surface area contributed by atoms with Crippen molar-refractivity contribution in [1.29, 1.82) is 0 Å². The number of carbonyl (C=O) groups is 4. The second-order valence-corrected chi connectivity index (χ2v) is 14.9. The first kappa shape index (κ1) is 62.4. The molecule has 0 aromatic heterocycles. The van der Waals surface area contributed by atoms with Crippen LogP contribution in [0, 0.1) is 0 Å². The Morgan fingerprint density at radius 1 is 0.479 bits per heavy atom. The van der Waals surface area contributed by atoms with Gasteiger partial charge in [-0.05, 0) is 93.0 Å². The zero-order valence-electron chi connectivity index (χ0n) is 42.2. The SMILES string of the molecule is CN(c1ccccc1)c1ccccc1.CNC.CNc1cc(C(=O)OC)ccc1Cl.CNc1cc(C(=O)OC)ccc1OC.CNc1cc(C(=O)OCCOCCOCCOCCOC(C)=O)ccc1Cl. The third kappa shape index (κ3) is 25.7. The van der Waals surface area contributed by atoms with Crippen molar-refractivity contribution in [3.8, 4) is 5.75 Å². The summed E-state index contributed by atoms with van der Waals surface area (Å²) in [6, 6.07) is 35.5. The van der Waals surface area contributed by atoms with Crippen LogP contribution >= 0.6 is 23.2 Å². The Morgan fingerprint density at radius 2 is 0.831 bits per heavy atom. The molecule has 0 amide bonds. The second-order valence-electron chi connectivity index (χ2n) is 14.1. The molecule has 5 aromatic carbocycles. The van der Waals surface area contributed by atoms with Crippen molar-refractivity contribution in [3.63, 3.8) is 0 Å². The Kier molecular flexibility index (Phi) is 33.6. The molecule has 0 aliphatic rings. The van der Waals surface area contributed by atoms with E-state index in [4.69, 9.17) is 51.6 Å². The maximum Gasteiger partial charge on any atom is 0.338 e. The normalized spacial score (nSPS) is 9.75. The molecule has 0 aliphatic carbocycles. The molecule has 5 rings (SSSR count). The summed E-state index contributed by atoms with van der Waals surface area (Å²) >= 11 is 11.8. The molecule has 4 N–H and O–H groups in total. The first-order valence-corrected chi connectivity index (χ1v) is 22.9. The van der Waals surface area contributed by atoms with Gasteiger partial charge in [-0.1, -0.05) is 59.6 Å². The maximum atomic E-state index is 11.9. The highest BCUT2D eigenvalue weighted by atomic mass is 35.5. The van der Waals surface area contributed by atoms with Crippen LogP contribution in [0.3, 0.4) is 0 Å². The molecule has 17 nitrogen and oxygen atoms in total. The average Bonchev–Trinajstić information content (AvgIpc) is 3.40. The van der Waals surface area contributed by atoms with Gasteiger partial charge in [-0.3, -0.25) is 4.79 Å². The number of rotatable bonds is 21. The summed E-state index contributed by atoms with van der Waals surface area (Å²) < 4.78 is 39.9. The van der Waals surface area contributed by atoms with Crippen LogP contribution in [0.4, 0.5) is 28.4 Å². The van der Waals surface area contributed by atoms with Crippen molar-refractivity contribution >= 4 is 75.5 Å². The Labute approximate surface area is 428 Å². The minimum Gasteiger partial charge on any atom is -0.495 e. The number of anilines is 5. The van der Waals surface area contributed by atoms with E-state index in [1.54, 1.807) is 82.9 Å². The molecule has 388 valence electrons. The van der Waals surface area contributed by atoms with Gasteiger partial charge in [0.15, 0.2) is 0 Å². The van der Waals surface area contributed by atoms with Crippen molar-refractivity contribution in [2.75, 3.05) is 137 Å². The number of hydrogen-bond donors (Lipinski definition) is 4. The topological polar surface area (TPSA) is 193 Å². The summed E-state index contributed by atoms with van der Waals surface area (Å²) in [5, 5.41) is 12.6. The molecule has 0 radical (unpaired) electrons. The van der Waals surface area contributed by atoms with Crippen LogP contribution in [0.25, 0.3) is 0 Å². The van der Waals surface area contributed by atoms with Gasteiger partial charge < -0.3 is 64.1 Å². The number of methoxy groups -OCH3 is 3. The number of ether oxygens (including phenoxy) is 8. The summed E-state index contributed by atoms with van der Waals surface area (Å²) in [7, 11) is 15.3. The molecule has 0 atom stereocenters. The summed E-state index contributed by atoms with van der Waals surface area (Å²) in [4.78, 5) is 46.9. The van der Waals surface area contributed by atoms with Gasteiger partial charge in [-0.15, -0.1) is 0 Å². The minimum absolute atomic E-state index is 0.148. The van der Waals surface area contributed by atoms with E-state index < -0.39 is 5.97 Å². The first-order valence-electron chi connectivity index (χ1n) is 22.2. The Morgan fingerprint density at radius 3 is 1.20 bits per heavy atom. The molecule has 0 bridgehead atoms. The number of halogens is 2. The highest BCUT2D eigenvalue weighted by Gasteiger charge is 2.11. The lowest BCUT2D eigenvalue weighted by molar-refractivity contribution is -0.142. The number of nitrogens with zero attached hydrogens (tertiary/aromatic N) is 1. The molecule has 0 saturated heterocycles. The predicted octanol–water partition coefficient (Wildman–Crippen LogP) is 9.13. The Bertz CT molecular complexity index is 2240. The molecule has 0 unspecified atom stereocenters. The van der Waals surface area contributed by atoms with E-state index in [2.05, 4.69) is 91.2 Å². The quantitative estimate of drug-likeness (QED) is 0.0309. The van der Waals surface area contributed by atoms with Gasteiger partial charge in [0.2, 0.25) is 0 Å². The molecule has 5 aromatic rings. The zero-order chi connectivity index (χ0) is 52.8. The lowest BCUT2D eigenvalue weighted by Gasteiger charge is -2.18. The maximum absolute atomic E-state index is 11.9. The Balaban J connectivity index is 0.000000488. The second kappa shape index (κ2) is 38.2. The van der Waals surface area contributed by atoms with E-state index in [0.29, 0.717) is 76.9 Å². The van der Waals surface area contributed by atoms with E-state index in [9.17, 15) is 19.2 Å². The van der Waals surface area contributed by atoms with E-state index in [1.165, 1.54) is 32.5 Å². The smallest absolute Gasteiger partial charge is 0.338 e. The van der Waals surface area contributed by atoms with E-state index in [0.717, 1.165) is 5.69 Å². The molecule has 0 heterocycles. The van der Waals surface area contributed by atoms with Crippen molar-refractivity contribution < 1.29 is 57.1 Å². The van der Waals surface area contributed by atoms with E-state index in [-0.39, 0.29) is 37.7 Å². The third-order valence-electron chi connectivity index (χ3n) is 9.04. The highest BCUT2D eigenvalue weighted by Crippen LogP contribution is 2.26. The number of esters is 4. The number of carbonyl (C=O) groups excluding carboxylic acids is 4. The fraction of sp³-hybridized carbons (Fsp3) is 0.346. The zero-order valence-corrected chi connectivity index (χ0v) is 43.7. The summed E-state index contributed by atoms with van der Waals surface area (Å²) in [6.07, 6.45) is 0. The number of nitrogens with one attached hydrogen (secondary N) is 4. The molecule has 0 spiro atoms. The average molecular weight is 1030 g/mol. The summed E-state index contributed by atoms with van der Waals surface area (Å²) in [5.41, 5.74) is 5.95. The van der Waals surface area contributed by atoms with E-state index in [1.807, 2.05) is 26.2 Å². The first-order chi connectivity index (χ1) is 34.2. The lowest BCUT2D eigenvalue weighted by Crippen LogP contribution is -2.15. The fourth-order valence-corrected chi connectivity index (χ4v) is 5.89. The van der Waals surface area contributed by atoms with Crippen molar-refractivity contribution in [1.82, 2.24) is 5.32 Å². The fourth-order valence-electron chi connectivity index (χ4n) is 5.47. The van der Waals surface area contributed by atoms with Gasteiger partial charge in [0.1, 0.15) is 19.0 Å². The van der Waals surface area contributed by atoms with Crippen LogP contribution in [0.1, 0.15) is 38.0 Å². The largest absolute Gasteiger partial charge is 0.495 e. The number of hydrogen-bond acceptors (Lipinski definition) is 17. The van der Waals surface area contributed by atoms with Crippen LogP contribution in [0.15, 0.2) is 115 Å². The van der Waals surface area contributed by atoms with Crippen LogP contribution in [-0.4, -0.2) is 140 Å². The van der Waals surface area contributed by atoms with Gasteiger partial charge in [0.25, 0.3) is 0 Å². The summed E-state index contributed by atoms with van der Waals surface area (Å²) in [5.74, 6) is -0.792. The molecule has 0 saturated carbocycles. The number of benzene rings is 5. The van der Waals surface area contributed by atoms with Crippen molar-refractivity contribution in [3.05, 3.63) is 142 Å². The highest BCUT2D eigenvalue weighted by molar-refractivity contribution is 6.33. The molecular formula is C52H69Cl2N5O12. The van der Waals surface area contributed by atoms with Gasteiger partial charge >= 0.3 is 23.9 Å².